The van der Waals surface area contributed by atoms with Gasteiger partial charge in [-0.05, 0) is 54.3 Å². The first kappa shape index (κ1) is 22.8. The van der Waals surface area contributed by atoms with Crippen LogP contribution in [0.3, 0.4) is 0 Å². The maximum atomic E-state index is 13.5. The van der Waals surface area contributed by atoms with Crippen LogP contribution in [-0.4, -0.2) is 22.5 Å². The van der Waals surface area contributed by atoms with Gasteiger partial charge in [0, 0.05) is 18.3 Å². The maximum absolute atomic E-state index is 13.5. The fourth-order valence-electron chi connectivity index (χ4n) is 4.27. The SMILES string of the molecule is O=C(Nc1ccc(F)c(F)c1)N1CCCC1c1nc2cc(-c3ccccc3C(F)(F)F)ccc2o1. The zero-order chi connectivity index (χ0) is 24.7. The summed E-state index contributed by atoms with van der Waals surface area (Å²) in [6.07, 6.45) is -3.29. The second-order valence-corrected chi connectivity index (χ2v) is 8.19. The zero-order valence-corrected chi connectivity index (χ0v) is 18.1. The lowest BCUT2D eigenvalue weighted by Crippen LogP contribution is -2.34. The maximum Gasteiger partial charge on any atom is 0.417 e. The molecule has 0 radical (unpaired) electrons. The van der Waals surface area contributed by atoms with Crippen molar-refractivity contribution in [2.45, 2.75) is 25.1 Å². The summed E-state index contributed by atoms with van der Waals surface area (Å²) in [5.41, 5.74) is 0.456. The Morgan fingerprint density at radius 2 is 1.83 bits per heavy atom. The molecule has 180 valence electrons. The minimum Gasteiger partial charge on any atom is -0.438 e. The van der Waals surface area contributed by atoms with Crippen molar-refractivity contribution in [1.29, 1.82) is 0 Å². The van der Waals surface area contributed by atoms with E-state index in [9.17, 15) is 26.7 Å². The number of oxazole rings is 1. The molecule has 0 bridgehead atoms. The zero-order valence-electron chi connectivity index (χ0n) is 18.1. The van der Waals surface area contributed by atoms with E-state index in [-0.39, 0.29) is 17.1 Å². The predicted molar refractivity (Wildman–Crippen MR) is 119 cm³/mol. The molecule has 4 aromatic rings. The molecule has 1 aliphatic heterocycles. The van der Waals surface area contributed by atoms with Crippen molar-refractivity contribution in [1.82, 2.24) is 9.88 Å². The van der Waals surface area contributed by atoms with Crippen LogP contribution in [0, 0.1) is 11.6 Å². The third-order valence-corrected chi connectivity index (χ3v) is 5.92. The van der Waals surface area contributed by atoms with Gasteiger partial charge in [-0.3, -0.25) is 0 Å². The van der Waals surface area contributed by atoms with Gasteiger partial charge >= 0.3 is 12.2 Å². The van der Waals surface area contributed by atoms with E-state index in [4.69, 9.17) is 4.42 Å². The third-order valence-electron chi connectivity index (χ3n) is 5.92. The fourth-order valence-corrected chi connectivity index (χ4v) is 4.27. The highest BCUT2D eigenvalue weighted by atomic mass is 19.4. The Kier molecular flexibility index (Phi) is 5.66. The number of nitrogens with one attached hydrogen (secondary N) is 1. The molecule has 2 amide bonds. The molecule has 1 atom stereocenters. The van der Waals surface area contributed by atoms with Crippen molar-refractivity contribution in [2.24, 2.45) is 0 Å². The molecule has 1 aromatic heterocycles. The minimum atomic E-state index is -4.51. The smallest absolute Gasteiger partial charge is 0.417 e. The quantitative estimate of drug-likeness (QED) is 0.312. The van der Waals surface area contributed by atoms with Crippen LogP contribution in [0.4, 0.5) is 32.4 Å². The predicted octanol–water partition coefficient (Wildman–Crippen LogP) is 7.16. The first-order chi connectivity index (χ1) is 16.7. The second-order valence-electron chi connectivity index (χ2n) is 8.19. The van der Waals surface area contributed by atoms with Crippen molar-refractivity contribution in [3.8, 4) is 11.1 Å². The fraction of sp³-hybridized carbons (Fsp3) is 0.200. The monoisotopic (exact) mass is 487 g/mol. The minimum absolute atomic E-state index is 0.0276. The molecule has 1 aliphatic rings. The number of anilines is 1. The van der Waals surface area contributed by atoms with Crippen LogP contribution < -0.4 is 5.32 Å². The summed E-state index contributed by atoms with van der Waals surface area (Å²) in [7, 11) is 0. The number of benzene rings is 3. The van der Waals surface area contributed by atoms with Crippen LogP contribution in [0.15, 0.2) is 65.1 Å². The number of hydrogen-bond acceptors (Lipinski definition) is 3. The van der Waals surface area contributed by atoms with Gasteiger partial charge in [-0.1, -0.05) is 24.3 Å². The largest absolute Gasteiger partial charge is 0.438 e. The van der Waals surface area contributed by atoms with E-state index in [1.165, 1.54) is 41.3 Å². The molecule has 2 heterocycles. The Hall–Kier alpha value is -3.95. The molecule has 35 heavy (non-hydrogen) atoms. The number of halogens is 5. The highest BCUT2D eigenvalue weighted by Gasteiger charge is 2.35. The molecule has 0 aliphatic carbocycles. The molecule has 1 N–H and O–H groups in total. The van der Waals surface area contributed by atoms with Crippen LogP contribution in [0.5, 0.6) is 0 Å². The lowest BCUT2D eigenvalue weighted by atomic mass is 9.99. The standard InChI is InChI=1S/C25H18F5N3O2/c26-18-9-8-15(13-19(18)27)31-24(34)33-11-3-6-21(33)23-32-20-12-14(7-10-22(20)35-23)16-4-1-2-5-17(16)25(28,29)30/h1-2,4-5,7-10,12-13,21H,3,6,11H2,(H,31,34). The van der Waals surface area contributed by atoms with Crippen LogP contribution >= 0.6 is 0 Å². The van der Waals surface area contributed by atoms with E-state index < -0.39 is 35.4 Å². The van der Waals surface area contributed by atoms with Gasteiger partial charge in [-0.15, -0.1) is 0 Å². The molecule has 5 rings (SSSR count). The number of carbonyl (C=O) groups excluding carboxylic acids is 1. The Bertz CT molecular complexity index is 1420. The summed E-state index contributed by atoms with van der Waals surface area (Å²) in [6, 6.07) is 11.9. The summed E-state index contributed by atoms with van der Waals surface area (Å²) in [5.74, 6) is -1.85. The highest BCUT2D eigenvalue weighted by molar-refractivity contribution is 5.90. The van der Waals surface area contributed by atoms with Gasteiger partial charge in [0.15, 0.2) is 17.2 Å². The number of urea groups is 1. The molecular weight excluding hydrogens is 469 g/mol. The normalized spacial score (nSPS) is 16.1. The molecular formula is C25H18F5N3O2. The number of hydrogen-bond donors (Lipinski definition) is 1. The molecule has 0 saturated carbocycles. The summed E-state index contributed by atoms with van der Waals surface area (Å²) >= 11 is 0. The lowest BCUT2D eigenvalue weighted by Gasteiger charge is -2.22. The van der Waals surface area contributed by atoms with Crippen LogP contribution in [0.25, 0.3) is 22.2 Å². The van der Waals surface area contributed by atoms with E-state index >= 15 is 0 Å². The van der Waals surface area contributed by atoms with Gasteiger partial charge in [0.25, 0.3) is 0 Å². The van der Waals surface area contributed by atoms with Crippen LogP contribution in [0.2, 0.25) is 0 Å². The Morgan fingerprint density at radius 1 is 1.03 bits per heavy atom. The second kappa shape index (κ2) is 8.68. The number of rotatable bonds is 3. The molecule has 10 heteroatoms. The summed E-state index contributed by atoms with van der Waals surface area (Å²) in [4.78, 5) is 18.7. The van der Waals surface area contributed by atoms with E-state index in [1.807, 2.05) is 0 Å². The van der Waals surface area contributed by atoms with Crippen molar-refractivity contribution < 1.29 is 31.2 Å². The molecule has 1 unspecified atom stereocenters. The topological polar surface area (TPSA) is 58.4 Å². The van der Waals surface area contributed by atoms with E-state index in [0.717, 1.165) is 18.2 Å². The molecule has 3 aromatic carbocycles. The number of alkyl halides is 3. The van der Waals surface area contributed by atoms with Gasteiger partial charge in [0.05, 0.1) is 5.56 Å². The molecule has 5 nitrogen and oxygen atoms in total. The first-order valence-electron chi connectivity index (χ1n) is 10.8. The lowest BCUT2D eigenvalue weighted by molar-refractivity contribution is -0.137. The van der Waals surface area contributed by atoms with Gasteiger partial charge in [-0.25, -0.2) is 18.6 Å². The summed E-state index contributed by atoms with van der Waals surface area (Å²) in [6.45, 7) is 0.392. The molecule has 0 spiro atoms. The Balaban J connectivity index is 1.42. The first-order valence-corrected chi connectivity index (χ1v) is 10.8. The molecule has 1 fully saturated rings. The third kappa shape index (κ3) is 4.43. The average Bonchev–Trinajstić information content (AvgIpc) is 3.47. The van der Waals surface area contributed by atoms with Gasteiger partial charge in [0.1, 0.15) is 11.6 Å². The van der Waals surface area contributed by atoms with E-state index in [1.54, 1.807) is 6.07 Å². The number of likely N-dealkylation sites (tertiary alicyclic amines) is 1. The van der Waals surface area contributed by atoms with Crippen LogP contribution in [-0.2, 0) is 6.18 Å². The van der Waals surface area contributed by atoms with E-state index in [0.29, 0.717) is 36.0 Å². The Morgan fingerprint density at radius 3 is 2.60 bits per heavy atom. The molecule has 1 saturated heterocycles. The van der Waals surface area contributed by atoms with E-state index in [2.05, 4.69) is 10.3 Å². The average molecular weight is 487 g/mol. The van der Waals surface area contributed by atoms with Crippen molar-refractivity contribution >= 4 is 22.8 Å². The number of amides is 2. The van der Waals surface area contributed by atoms with Crippen molar-refractivity contribution in [2.75, 3.05) is 11.9 Å². The van der Waals surface area contributed by atoms with Gasteiger partial charge < -0.3 is 14.6 Å². The Labute approximate surface area is 196 Å². The van der Waals surface area contributed by atoms with Crippen LogP contribution in [0.1, 0.15) is 30.3 Å². The number of nitrogens with zero attached hydrogens (tertiary/aromatic N) is 2. The number of carbonyl (C=O) groups is 1. The summed E-state index contributed by atoms with van der Waals surface area (Å²) < 4.78 is 72.9. The van der Waals surface area contributed by atoms with Gasteiger partial charge in [-0.2, -0.15) is 13.2 Å². The van der Waals surface area contributed by atoms with Gasteiger partial charge in [0.2, 0.25) is 5.89 Å². The van der Waals surface area contributed by atoms with Crippen molar-refractivity contribution in [3.63, 3.8) is 0 Å². The summed E-state index contributed by atoms with van der Waals surface area (Å²) in [5, 5.41) is 2.54. The highest BCUT2D eigenvalue weighted by Crippen LogP contribution is 2.39. The number of aromatic nitrogens is 1. The van der Waals surface area contributed by atoms with Crippen molar-refractivity contribution in [3.05, 3.63) is 83.8 Å². The number of fused-ring (bicyclic) bond motifs is 1.